The number of nitrogens with one attached hydrogen (secondary N) is 1. The molecule has 25 heavy (non-hydrogen) atoms. The lowest BCUT2D eigenvalue weighted by atomic mass is 9.87. The van der Waals surface area contributed by atoms with Crippen LogP contribution in [0.4, 0.5) is 5.69 Å². The molecule has 0 aliphatic carbocycles. The van der Waals surface area contributed by atoms with Gasteiger partial charge in [-0.25, -0.2) is 0 Å². The molecule has 0 spiro atoms. The SMILES string of the molecule is CCc1cccc(NC(=O)C2c3ccccc3Oc3ccccc32)c1. The van der Waals surface area contributed by atoms with Gasteiger partial charge in [-0.1, -0.05) is 55.5 Å². The summed E-state index contributed by atoms with van der Waals surface area (Å²) >= 11 is 0. The average Bonchev–Trinajstić information content (AvgIpc) is 2.66. The van der Waals surface area contributed by atoms with Gasteiger partial charge in [-0.05, 0) is 36.2 Å². The van der Waals surface area contributed by atoms with Crippen molar-refractivity contribution in [2.24, 2.45) is 0 Å². The Balaban J connectivity index is 1.72. The first kappa shape index (κ1) is 15.5. The monoisotopic (exact) mass is 329 g/mol. The summed E-state index contributed by atoms with van der Waals surface area (Å²) < 4.78 is 5.96. The lowest BCUT2D eigenvalue weighted by Gasteiger charge is -2.27. The predicted molar refractivity (Wildman–Crippen MR) is 99.3 cm³/mol. The molecule has 124 valence electrons. The second-order valence-corrected chi connectivity index (χ2v) is 6.15. The van der Waals surface area contributed by atoms with Gasteiger partial charge in [-0.3, -0.25) is 4.79 Å². The summed E-state index contributed by atoms with van der Waals surface area (Å²) in [5, 5.41) is 3.07. The zero-order valence-corrected chi connectivity index (χ0v) is 14.0. The smallest absolute Gasteiger partial charge is 0.236 e. The molecule has 1 N–H and O–H groups in total. The van der Waals surface area contributed by atoms with Crippen molar-refractivity contribution < 1.29 is 9.53 Å². The van der Waals surface area contributed by atoms with Crippen molar-refractivity contribution in [3.63, 3.8) is 0 Å². The molecule has 0 bridgehead atoms. The highest BCUT2D eigenvalue weighted by Crippen LogP contribution is 2.44. The van der Waals surface area contributed by atoms with Gasteiger partial charge >= 0.3 is 0 Å². The van der Waals surface area contributed by atoms with Crippen molar-refractivity contribution in [3.05, 3.63) is 89.5 Å². The topological polar surface area (TPSA) is 38.3 Å². The second-order valence-electron chi connectivity index (χ2n) is 6.15. The molecule has 1 heterocycles. The third kappa shape index (κ3) is 2.89. The highest BCUT2D eigenvalue weighted by Gasteiger charge is 2.32. The fourth-order valence-electron chi connectivity index (χ4n) is 3.28. The second kappa shape index (κ2) is 6.44. The van der Waals surface area contributed by atoms with Gasteiger partial charge in [0.15, 0.2) is 0 Å². The Morgan fingerprint density at radius 2 is 1.56 bits per heavy atom. The molecule has 3 aromatic rings. The Hall–Kier alpha value is -3.07. The Bertz CT molecular complexity index is 887. The molecule has 4 rings (SSSR count). The van der Waals surface area contributed by atoms with Crippen LogP contribution in [0.2, 0.25) is 0 Å². The maximum atomic E-state index is 13.1. The number of amides is 1. The third-order valence-corrected chi connectivity index (χ3v) is 4.54. The number of aryl methyl sites for hydroxylation is 1. The van der Waals surface area contributed by atoms with Crippen LogP contribution in [0.1, 0.15) is 29.5 Å². The first-order chi connectivity index (χ1) is 12.3. The molecule has 1 aliphatic heterocycles. The van der Waals surface area contributed by atoms with Gasteiger partial charge in [-0.15, -0.1) is 0 Å². The van der Waals surface area contributed by atoms with Crippen molar-refractivity contribution in [1.29, 1.82) is 0 Å². The van der Waals surface area contributed by atoms with Crippen LogP contribution >= 0.6 is 0 Å². The van der Waals surface area contributed by atoms with Crippen LogP contribution in [0.5, 0.6) is 11.5 Å². The summed E-state index contributed by atoms with van der Waals surface area (Å²) in [5.74, 6) is 1.05. The van der Waals surface area contributed by atoms with E-state index in [1.165, 1.54) is 5.56 Å². The minimum atomic E-state index is -0.383. The van der Waals surface area contributed by atoms with Crippen LogP contribution in [0.3, 0.4) is 0 Å². The van der Waals surface area contributed by atoms with E-state index >= 15 is 0 Å². The first-order valence-electron chi connectivity index (χ1n) is 8.52. The number of fused-ring (bicyclic) bond motifs is 2. The molecular weight excluding hydrogens is 310 g/mol. The summed E-state index contributed by atoms with van der Waals surface area (Å²) in [4.78, 5) is 13.1. The van der Waals surface area contributed by atoms with Crippen molar-refractivity contribution in [2.75, 3.05) is 5.32 Å². The van der Waals surface area contributed by atoms with Crippen LogP contribution in [0.15, 0.2) is 72.8 Å². The van der Waals surface area contributed by atoms with Crippen molar-refractivity contribution in [3.8, 4) is 11.5 Å². The molecule has 3 aromatic carbocycles. The van der Waals surface area contributed by atoms with E-state index in [2.05, 4.69) is 18.3 Å². The number of hydrogen-bond donors (Lipinski definition) is 1. The van der Waals surface area contributed by atoms with E-state index in [-0.39, 0.29) is 11.8 Å². The molecule has 0 aromatic heterocycles. The number of hydrogen-bond acceptors (Lipinski definition) is 2. The summed E-state index contributed by atoms with van der Waals surface area (Å²) in [7, 11) is 0. The maximum absolute atomic E-state index is 13.1. The largest absolute Gasteiger partial charge is 0.457 e. The van der Waals surface area contributed by atoms with Gasteiger partial charge in [0.05, 0.1) is 5.92 Å². The molecule has 3 nitrogen and oxygen atoms in total. The van der Waals surface area contributed by atoms with Gasteiger partial charge in [0.25, 0.3) is 0 Å². The minimum absolute atomic E-state index is 0.0450. The Labute approximate surface area is 147 Å². The number of anilines is 1. The minimum Gasteiger partial charge on any atom is -0.457 e. The molecule has 0 saturated heterocycles. The Kier molecular flexibility index (Phi) is 3.98. The normalized spacial score (nSPS) is 12.7. The molecule has 0 unspecified atom stereocenters. The van der Waals surface area contributed by atoms with E-state index in [9.17, 15) is 4.79 Å². The summed E-state index contributed by atoms with van der Waals surface area (Å²) in [6, 6.07) is 23.4. The van der Waals surface area contributed by atoms with Gasteiger partial charge < -0.3 is 10.1 Å². The fraction of sp³-hybridized carbons (Fsp3) is 0.136. The maximum Gasteiger partial charge on any atom is 0.236 e. The zero-order valence-electron chi connectivity index (χ0n) is 14.0. The van der Waals surface area contributed by atoms with Gasteiger partial charge in [-0.2, -0.15) is 0 Å². The van der Waals surface area contributed by atoms with Crippen molar-refractivity contribution in [1.82, 2.24) is 0 Å². The van der Waals surface area contributed by atoms with Crippen LogP contribution in [-0.4, -0.2) is 5.91 Å². The molecule has 0 radical (unpaired) electrons. The summed E-state index contributed by atoms with van der Waals surface area (Å²) in [5.41, 5.74) is 3.81. The van der Waals surface area contributed by atoms with E-state index < -0.39 is 0 Å². The van der Waals surface area contributed by atoms with Crippen LogP contribution in [0.25, 0.3) is 0 Å². The average molecular weight is 329 g/mol. The molecule has 3 heteroatoms. The van der Waals surface area contributed by atoms with Gasteiger partial charge in [0.1, 0.15) is 11.5 Å². The molecule has 0 atom stereocenters. The quantitative estimate of drug-likeness (QED) is 0.724. The van der Waals surface area contributed by atoms with Crippen molar-refractivity contribution >= 4 is 11.6 Å². The zero-order chi connectivity index (χ0) is 17.2. The molecular formula is C22H19NO2. The van der Waals surface area contributed by atoms with Gasteiger partial charge in [0, 0.05) is 16.8 Å². The van der Waals surface area contributed by atoms with Crippen molar-refractivity contribution in [2.45, 2.75) is 19.3 Å². The van der Waals surface area contributed by atoms with Crippen LogP contribution in [0, 0.1) is 0 Å². The number of ether oxygens (including phenoxy) is 1. The first-order valence-corrected chi connectivity index (χ1v) is 8.52. The standard InChI is InChI=1S/C22H19NO2/c1-2-15-8-7-9-16(14-15)23-22(24)21-17-10-3-5-12-19(17)25-20-13-6-4-11-18(20)21/h3-14,21H,2H2,1H3,(H,23,24). The number of carbonyl (C=O) groups excluding carboxylic acids is 1. The molecule has 1 amide bonds. The third-order valence-electron chi connectivity index (χ3n) is 4.54. The van der Waals surface area contributed by atoms with Crippen LogP contribution < -0.4 is 10.1 Å². The number of benzene rings is 3. The van der Waals surface area contributed by atoms with E-state index in [0.717, 1.165) is 34.7 Å². The van der Waals surface area contributed by atoms with E-state index in [0.29, 0.717) is 0 Å². The Morgan fingerprint density at radius 3 is 2.20 bits per heavy atom. The molecule has 0 saturated carbocycles. The Morgan fingerprint density at radius 1 is 0.920 bits per heavy atom. The van der Waals surface area contributed by atoms with E-state index in [1.807, 2.05) is 66.7 Å². The molecule has 1 aliphatic rings. The highest BCUT2D eigenvalue weighted by molar-refractivity contribution is 5.99. The lowest BCUT2D eigenvalue weighted by molar-refractivity contribution is -0.116. The number of rotatable bonds is 3. The van der Waals surface area contributed by atoms with E-state index in [1.54, 1.807) is 0 Å². The highest BCUT2D eigenvalue weighted by atomic mass is 16.5. The number of carbonyl (C=O) groups is 1. The summed E-state index contributed by atoms with van der Waals surface area (Å²) in [6.45, 7) is 2.10. The van der Waals surface area contributed by atoms with E-state index in [4.69, 9.17) is 4.74 Å². The van der Waals surface area contributed by atoms with Gasteiger partial charge in [0.2, 0.25) is 5.91 Å². The van der Waals surface area contributed by atoms with Crippen LogP contribution in [-0.2, 0) is 11.2 Å². The summed E-state index contributed by atoms with van der Waals surface area (Å²) in [6.07, 6.45) is 0.937. The predicted octanol–water partition coefficient (Wildman–Crippen LogP) is 5.13. The molecule has 0 fully saturated rings. The lowest BCUT2D eigenvalue weighted by Crippen LogP contribution is -2.25. The number of para-hydroxylation sites is 2. The fourth-order valence-corrected chi connectivity index (χ4v) is 3.28.